The van der Waals surface area contributed by atoms with Gasteiger partial charge in [0.05, 0.1) is 5.54 Å². The standard InChI is InChI=1S/C14H19BrN2O/c1-10-9-14(2,3)16-13(18-10)17(4)12-7-5-11(15)6-8-12/h5-8,10H,9H2,1-4H3. The van der Waals surface area contributed by atoms with E-state index in [9.17, 15) is 0 Å². The maximum atomic E-state index is 5.83. The Morgan fingerprint density at radius 1 is 1.33 bits per heavy atom. The van der Waals surface area contributed by atoms with Crippen molar-refractivity contribution in [1.29, 1.82) is 0 Å². The first kappa shape index (κ1) is 13.4. The molecule has 3 nitrogen and oxygen atoms in total. The SMILES string of the molecule is CC1CC(C)(C)N=C(N(C)c2ccc(Br)cc2)O1. The van der Waals surface area contributed by atoms with E-state index in [1.807, 2.05) is 36.2 Å². The summed E-state index contributed by atoms with van der Waals surface area (Å²) in [4.78, 5) is 6.66. The average Bonchev–Trinajstić information content (AvgIpc) is 2.26. The molecule has 0 amide bonds. The van der Waals surface area contributed by atoms with Crippen LogP contribution in [-0.2, 0) is 4.74 Å². The highest BCUT2D eigenvalue weighted by Crippen LogP contribution is 2.26. The number of halogens is 1. The molecule has 0 aromatic heterocycles. The van der Waals surface area contributed by atoms with Gasteiger partial charge in [-0.1, -0.05) is 15.9 Å². The van der Waals surface area contributed by atoms with E-state index >= 15 is 0 Å². The molecule has 98 valence electrons. The van der Waals surface area contributed by atoms with Gasteiger partial charge in [-0.25, -0.2) is 4.99 Å². The first-order valence-electron chi connectivity index (χ1n) is 6.13. The molecule has 0 spiro atoms. The van der Waals surface area contributed by atoms with E-state index in [0.29, 0.717) is 6.02 Å². The van der Waals surface area contributed by atoms with E-state index in [0.717, 1.165) is 16.6 Å². The largest absolute Gasteiger partial charge is 0.462 e. The maximum absolute atomic E-state index is 5.83. The molecule has 1 heterocycles. The topological polar surface area (TPSA) is 24.8 Å². The van der Waals surface area contributed by atoms with E-state index in [1.165, 1.54) is 0 Å². The predicted molar refractivity (Wildman–Crippen MR) is 79.2 cm³/mol. The first-order valence-corrected chi connectivity index (χ1v) is 6.92. The van der Waals surface area contributed by atoms with Crippen LogP contribution in [0.5, 0.6) is 0 Å². The van der Waals surface area contributed by atoms with Crippen LogP contribution in [-0.4, -0.2) is 24.7 Å². The van der Waals surface area contributed by atoms with Gasteiger partial charge >= 0.3 is 0 Å². The molecule has 1 aliphatic heterocycles. The second kappa shape index (κ2) is 4.92. The van der Waals surface area contributed by atoms with Crippen molar-refractivity contribution in [3.63, 3.8) is 0 Å². The van der Waals surface area contributed by atoms with Crippen molar-refractivity contribution in [1.82, 2.24) is 0 Å². The highest BCUT2D eigenvalue weighted by molar-refractivity contribution is 9.10. The Balaban J connectivity index is 2.25. The molecule has 1 unspecified atom stereocenters. The number of benzene rings is 1. The van der Waals surface area contributed by atoms with Gasteiger partial charge in [0.15, 0.2) is 0 Å². The van der Waals surface area contributed by atoms with E-state index in [1.54, 1.807) is 0 Å². The molecule has 2 rings (SSSR count). The van der Waals surface area contributed by atoms with Crippen molar-refractivity contribution in [2.75, 3.05) is 11.9 Å². The molecule has 1 aliphatic rings. The summed E-state index contributed by atoms with van der Waals surface area (Å²) in [5.41, 5.74) is 1.01. The lowest BCUT2D eigenvalue weighted by atomic mass is 9.97. The zero-order valence-corrected chi connectivity index (χ0v) is 12.9. The molecule has 1 aromatic carbocycles. The van der Waals surface area contributed by atoms with Gasteiger partial charge in [-0.05, 0) is 45.0 Å². The molecule has 0 bridgehead atoms. The zero-order valence-electron chi connectivity index (χ0n) is 11.3. The van der Waals surface area contributed by atoms with Crippen LogP contribution in [0.3, 0.4) is 0 Å². The van der Waals surface area contributed by atoms with Crippen molar-refractivity contribution >= 4 is 27.6 Å². The van der Waals surface area contributed by atoms with Gasteiger partial charge in [-0.3, -0.25) is 4.90 Å². The molecule has 0 radical (unpaired) electrons. The fraction of sp³-hybridized carbons (Fsp3) is 0.500. The van der Waals surface area contributed by atoms with Crippen LogP contribution in [0.4, 0.5) is 5.69 Å². The third kappa shape index (κ3) is 3.05. The van der Waals surface area contributed by atoms with Crippen LogP contribution < -0.4 is 4.90 Å². The third-order valence-corrected chi connectivity index (χ3v) is 3.52. The quantitative estimate of drug-likeness (QED) is 0.787. The van der Waals surface area contributed by atoms with Crippen molar-refractivity contribution in [3.8, 4) is 0 Å². The fourth-order valence-electron chi connectivity index (χ4n) is 2.19. The maximum Gasteiger partial charge on any atom is 0.292 e. The Bertz CT molecular complexity index is 453. The Labute approximate surface area is 117 Å². The summed E-state index contributed by atoms with van der Waals surface area (Å²) in [7, 11) is 1.98. The molecule has 0 saturated heterocycles. The summed E-state index contributed by atoms with van der Waals surface area (Å²) in [5.74, 6) is 0. The highest BCUT2D eigenvalue weighted by Gasteiger charge is 2.30. The molecule has 1 atom stereocenters. The summed E-state index contributed by atoms with van der Waals surface area (Å²) in [5, 5.41) is 0. The molecule has 4 heteroatoms. The van der Waals surface area contributed by atoms with Gasteiger partial charge in [0, 0.05) is 23.6 Å². The molecular formula is C14H19BrN2O. The van der Waals surface area contributed by atoms with E-state index in [4.69, 9.17) is 4.74 Å². The third-order valence-electron chi connectivity index (χ3n) is 2.99. The number of anilines is 1. The van der Waals surface area contributed by atoms with E-state index < -0.39 is 0 Å². The number of nitrogens with zero attached hydrogens (tertiary/aromatic N) is 2. The summed E-state index contributed by atoms with van der Waals surface area (Å²) in [6.07, 6.45) is 1.15. The predicted octanol–water partition coefficient (Wildman–Crippen LogP) is 3.83. The van der Waals surface area contributed by atoms with Crippen LogP contribution in [0.2, 0.25) is 0 Å². The van der Waals surface area contributed by atoms with Crippen LogP contribution in [0.15, 0.2) is 33.7 Å². The minimum Gasteiger partial charge on any atom is -0.462 e. The lowest BCUT2D eigenvalue weighted by Gasteiger charge is -2.34. The number of hydrogen-bond acceptors (Lipinski definition) is 3. The second-order valence-electron chi connectivity index (χ2n) is 5.37. The van der Waals surface area contributed by atoms with Crippen LogP contribution in [0.25, 0.3) is 0 Å². The van der Waals surface area contributed by atoms with Crippen molar-refractivity contribution in [2.24, 2.45) is 4.99 Å². The zero-order chi connectivity index (χ0) is 13.3. The van der Waals surface area contributed by atoms with Crippen LogP contribution >= 0.6 is 15.9 Å². The van der Waals surface area contributed by atoms with Crippen molar-refractivity contribution < 1.29 is 4.74 Å². The van der Waals surface area contributed by atoms with Gasteiger partial charge in [-0.15, -0.1) is 0 Å². The molecule has 18 heavy (non-hydrogen) atoms. The lowest BCUT2D eigenvalue weighted by Crippen LogP contribution is -2.41. The average molecular weight is 311 g/mol. The number of aliphatic imine (C=N–C) groups is 1. The normalized spacial score (nSPS) is 22.1. The fourth-order valence-corrected chi connectivity index (χ4v) is 2.45. The molecule has 0 aliphatic carbocycles. The monoisotopic (exact) mass is 310 g/mol. The summed E-state index contributed by atoms with van der Waals surface area (Å²) >= 11 is 3.44. The summed E-state index contributed by atoms with van der Waals surface area (Å²) in [6, 6.07) is 8.82. The van der Waals surface area contributed by atoms with Gasteiger partial charge in [0.2, 0.25) is 0 Å². The van der Waals surface area contributed by atoms with Crippen molar-refractivity contribution in [2.45, 2.75) is 38.8 Å². The van der Waals surface area contributed by atoms with Gasteiger partial charge in [0.1, 0.15) is 6.10 Å². The van der Waals surface area contributed by atoms with Gasteiger partial charge in [-0.2, -0.15) is 0 Å². The molecular weight excluding hydrogens is 292 g/mol. The Kier molecular flexibility index (Phi) is 3.66. The lowest BCUT2D eigenvalue weighted by molar-refractivity contribution is 0.141. The Morgan fingerprint density at radius 3 is 2.50 bits per heavy atom. The van der Waals surface area contributed by atoms with Crippen LogP contribution in [0, 0.1) is 0 Å². The van der Waals surface area contributed by atoms with Gasteiger partial charge in [0.25, 0.3) is 6.02 Å². The number of ether oxygens (including phenoxy) is 1. The van der Waals surface area contributed by atoms with Crippen molar-refractivity contribution in [3.05, 3.63) is 28.7 Å². The second-order valence-corrected chi connectivity index (χ2v) is 6.29. The minimum absolute atomic E-state index is 0.0589. The van der Waals surface area contributed by atoms with E-state index in [-0.39, 0.29) is 11.6 Å². The summed E-state index contributed by atoms with van der Waals surface area (Å²) < 4.78 is 6.90. The van der Waals surface area contributed by atoms with Crippen LogP contribution in [0.1, 0.15) is 27.2 Å². The van der Waals surface area contributed by atoms with E-state index in [2.05, 4.69) is 41.7 Å². The minimum atomic E-state index is -0.0589. The number of amidine groups is 1. The van der Waals surface area contributed by atoms with Gasteiger partial charge < -0.3 is 4.74 Å². The molecule has 0 saturated carbocycles. The number of rotatable bonds is 1. The molecule has 1 aromatic rings. The number of hydrogen-bond donors (Lipinski definition) is 0. The highest BCUT2D eigenvalue weighted by atomic mass is 79.9. The molecule has 0 N–H and O–H groups in total. The Hall–Kier alpha value is -1.03. The Morgan fingerprint density at radius 2 is 1.94 bits per heavy atom. The summed E-state index contributed by atoms with van der Waals surface area (Å²) in [6.45, 7) is 6.37. The molecule has 0 fully saturated rings. The first-order chi connectivity index (χ1) is 8.37. The smallest absolute Gasteiger partial charge is 0.292 e.